The number of halogens is 1. The summed E-state index contributed by atoms with van der Waals surface area (Å²) < 4.78 is 15.2. The largest absolute Gasteiger partial charge is 0.249 e. The van der Waals surface area contributed by atoms with Gasteiger partial charge in [0.05, 0.1) is 11.7 Å². The van der Waals surface area contributed by atoms with E-state index in [-0.39, 0.29) is 6.04 Å². The Hall–Kier alpha value is -0.930. The summed E-state index contributed by atoms with van der Waals surface area (Å²) in [4.78, 5) is 0. The molecule has 1 aromatic heterocycles. The molecule has 1 atom stereocenters. The van der Waals surface area contributed by atoms with Crippen LogP contribution in [0.4, 0.5) is 4.39 Å². The molecule has 0 amide bonds. The highest BCUT2D eigenvalue weighted by atomic mass is 19.1. The van der Waals surface area contributed by atoms with E-state index in [0.717, 1.165) is 12.1 Å². The van der Waals surface area contributed by atoms with Gasteiger partial charge < -0.3 is 0 Å². The molecule has 0 radical (unpaired) electrons. The third kappa shape index (κ3) is 3.09. The maximum absolute atomic E-state index is 13.5. The molecule has 1 heterocycles. The van der Waals surface area contributed by atoms with Crippen LogP contribution in [-0.4, -0.2) is 20.7 Å². The molecular formula is C10H18FN3. The van der Waals surface area contributed by atoms with Crippen LogP contribution < -0.4 is 0 Å². The monoisotopic (exact) mass is 199 g/mol. The highest BCUT2D eigenvalue weighted by Crippen LogP contribution is 2.25. The Balaban J connectivity index is 2.72. The Bertz CT molecular complexity index is 288. The summed E-state index contributed by atoms with van der Waals surface area (Å²) in [7, 11) is 0. The summed E-state index contributed by atoms with van der Waals surface area (Å²) in [5, 5.41) is 7.88. The van der Waals surface area contributed by atoms with E-state index in [0.29, 0.717) is 6.42 Å². The van der Waals surface area contributed by atoms with E-state index >= 15 is 0 Å². The van der Waals surface area contributed by atoms with Crippen molar-refractivity contribution in [3.63, 3.8) is 0 Å². The standard InChI is InChI=1S/C10H18FN3/c1-5-9(6-10(3,4)11)14-7-8(2)12-13-14/h7,9H,5-6H2,1-4H3. The van der Waals surface area contributed by atoms with E-state index in [9.17, 15) is 4.39 Å². The first-order valence-electron chi connectivity index (χ1n) is 4.99. The van der Waals surface area contributed by atoms with E-state index in [2.05, 4.69) is 10.3 Å². The lowest BCUT2D eigenvalue weighted by Crippen LogP contribution is -2.21. The third-order valence-electron chi connectivity index (χ3n) is 2.19. The minimum absolute atomic E-state index is 0.108. The molecule has 1 aromatic rings. The van der Waals surface area contributed by atoms with Crippen molar-refractivity contribution >= 4 is 0 Å². The van der Waals surface area contributed by atoms with Gasteiger partial charge in [0.25, 0.3) is 0 Å². The lowest BCUT2D eigenvalue weighted by Gasteiger charge is -2.21. The van der Waals surface area contributed by atoms with E-state index in [4.69, 9.17) is 0 Å². The van der Waals surface area contributed by atoms with Crippen molar-refractivity contribution in [2.45, 2.75) is 52.2 Å². The topological polar surface area (TPSA) is 30.7 Å². The Morgan fingerprint density at radius 2 is 2.21 bits per heavy atom. The quantitative estimate of drug-likeness (QED) is 0.746. The van der Waals surface area contributed by atoms with Crippen LogP contribution in [0, 0.1) is 6.92 Å². The molecule has 0 aliphatic carbocycles. The van der Waals surface area contributed by atoms with Crippen molar-refractivity contribution in [3.05, 3.63) is 11.9 Å². The minimum Gasteiger partial charge on any atom is -0.249 e. The summed E-state index contributed by atoms with van der Waals surface area (Å²) in [6.07, 6.45) is 3.21. The molecule has 0 fully saturated rings. The average Bonchev–Trinajstić information content (AvgIpc) is 2.46. The van der Waals surface area contributed by atoms with Crippen LogP contribution in [-0.2, 0) is 0 Å². The predicted octanol–water partition coefficient (Wildman–Crippen LogP) is 2.68. The fourth-order valence-electron chi connectivity index (χ4n) is 1.53. The molecule has 0 saturated heterocycles. The van der Waals surface area contributed by atoms with E-state index < -0.39 is 5.67 Å². The number of rotatable bonds is 4. The molecule has 0 saturated carbocycles. The predicted molar refractivity (Wildman–Crippen MR) is 53.9 cm³/mol. The summed E-state index contributed by atoms with van der Waals surface area (Å²) in [6, 6.07) is 0.108. The Labute approximate surface area is 84.3 Å². The Morgan fingerprint density at radius 3 is 2.57 bits per heavy atom. The minimum atomic E-state index is -1.15. The Kier molecular flexibility index (Phi) is 3.24. The molecule has 4 heteroatoms. The first-order chi connectivity index (χ1) is 6.42. The molecule has 14 heavy (non-hydrogen) atoms. The van der Waals surface area contributed by atoms with Crippen LogP contribution in [0.15, 0.2) is 6.20 Å². The zero-order valence-corrected chi connectivity index (χ0v) is 9.29. The molecule has 0 spiro atoms. The molecule has 0 aliphatic heterocycles. The number of hydrogen-bond donors (Lipinski definition) is 0. The molecule has 0 bridgehead atoms. The van der Waals surface area contributed by atoms with Gasteiger partial charge in [0, 0.05) is 12.6 Å². The van der Waals surface area contributed by atoms with Gasteiger partial charge in [-0.1, -0.05) is 12.1 Å². The second-order valence-corrected chi connectivity index (χ2v) is 4.32. The molecule has 3 nitrogen and oxygen atoms in total. The van der Waals surface area contributed by atoms with Crippen molar-refractivity contribution in [3.8, 4) is 0 Å². The number of aryl methyl sites for hydroxylation is 1. The Morgan fingerprint density at radius 1 is 1.57 bits per heavy atom. The summed E-state index contributed by atoms with van der Waals surface area (Å²) >= 11 is 0. The van der Waals surface area contributed by atoms with Crippen LogP contribution >= 0.6 is 0 Å². The van der Waals surface area contributed by atoms with Gasteiger partial charge in [0.15, 0.2) is 0 Å². The molecule has 0 N–H and O–H groups in total. The van der Waals surface area contributed by atoms with Crippen molar-refractivity contribution in [1.29, 1.82) is 0 Å². The van der Waals surface area contributed by atoms with Crippen molar-refractivity contribution in [2.24, 2.45) is 0 Å². The van der Waals surface area contributed by atoms with E-state index in [1.54, 1.807) is 18.5 Å². The zero-order chi connectivity index (χ0) is 10.8. The number of nitrogens with zero attached hydrogens (tertiary/aromatic N) is 3. The van der Waals surface area contributed by atoms with Gasteiger partial charge in [-0.15, -0.1) is 5.10 Å². The van der Waals surface area contributed by atoms with Crippen LogP contribution in [0.3, 0.4) is 0 Å². The molecular weight excluding hydrogens is 181 g/mol. The average molecular weight is 199 g/mol. The maximum Gasteiger partial charge on any atom is 0.107 e. The van der Waals surface area contributed by atoms with Crippen LogP contribution in [0.5, 0.6) is 0 Å². The van der Waals surface area contributed by atoms with Crippen LogP contribution in [0.25, 0.3) is 0 Å². The normalized spacial score (nSPS) is 14.4. The van der Waals surface area contributed by atoms with Crippen LogP contribution in [0.1, 0.15) is 45.3 Å². The highest BCUT2D eigenvalue weighted by Gasteiger charge is 2.23. The van der Waals surface area contributed by atoms with Gasteiger partial charge >= 0.3 is 0 Å². The third-order valence-corrected chi connectivity index (χ3v) is 2.19. The van der Waals surface area contributed by atoms with Gasteiger partial charge in [-0.25, -0.2) is 9.07 Å². The highest BCUT2D eigenvalue weighted by molar-refractivity contribution is 4.89. The number of aromatic nitrogens is 3. The summed E-state index contributed by atoms with van der Waals surface area (Å²) in [5.74, 6) is 0. The smallest absolute Gasteiger partial charge is 0.107 e. The van der Waals surface area contributed by atoms with Crippen molar-refractivity contribution < 1.29 is 4.39 Å². The fourth-order valence-corrected chi connectivity index (χ4v) is 1.53. The fraction of sp³-hybridized carbons (Fsp3) is 0.800. The molecule has 0 aromatic carbocycles. The summed E-state index contributed by atoms with van der Waals surface area (Å²) in [6.45, 7) is 7.11. The second-order valence-electron chi connectivity index (χ2n) is 4.32. The number of hydrogen-bond acceptors (Lipinski definition) is 2. The molecule has 1 unspecified atom stereocenters. The lowest BCUT2D eigenvalue weighted by atomic mass is 9.99. The molecule has 0 aliphatic rings. The van der Waals surface area contributed by atoms with Gasteiger partial charge in [-0.05, 0) is 27.2 Å². The SMILES string of the molecule is CCC(CC(C)(C)F)n1cc(C)nn1. The first kappa shape index (κ1) is 11.1. The number of alkyl halides is 1. The molecule has 1 rings (SSSR count). The van der Waals surface area contributed by atoms with Crippen LogP contribution in [0.2, 0.25) is 0 Å². The lowest BCUT2D eigenvalue weighted by molar-refractivity contribution is 0.162. The first-order valence-corrected chi connectivity index (χ1v) is 4.99. The van der Waals surface area contributed by atoms with E-state index in [1.807, 2.05) is 20.0 Å². The van der Waals surface area contributed by atoms with Crippen molar-refractivity contribution in [1.82, 2.24) is 15.0 Å². The second kappa shape index (κ2) is 4.07. The maximum atomic E-state index is 13.5. The molecule has 80 valence electrons. The van der Waals surface area contributed by atoms with Crippen molar-refractivity contribution in [2.75, 3.05) is 0 Å². The van der Waals surface area contributed by atoms with Gasteiger partial charge in [0.1, 0.15) is 5.67 Å². The summed E-state index contributed by atoms with van der Waals surface area (Å²) in [5.41, 5.74) is -0.277. The van der Waals surface area contributed by atoms with Gasteiger partial charge in [0.2, 0.25) is 0 Å². The zero-order valence-electron chi connectivity index (χ0n) is 9.29. The van der Waals surface area contributed by atoms with E-state index in [1.165, 1.54) is 0 Å². The van der Waals surface area contributed by atoms with Gasteiger partial charge in [-0.2, -0.15) is 0 Å². The van der Waals surface area contributed by atoms with Gasteiger partial charge in [-0.3, -0.25) is 0 Å².